The molecule has 1 aliphatic heterocycles. The van der Waals surface area contributed by atoms with Crippen molar-refractivity contribution in [3.8, 4) is 11.1 Å². The summed E-state index contributed by atoms with van der Waals surface area (Å²) in [7, 11) is 1.75. The van der Waals surface area contributed by atoms with E-state index in [0.29, 0.717) is 13.0 Å². The van der Waals surface area contributed by atoms with Crippen LogP contribution in [0.2, 0.25) is 0 Å². The van der Waals surface area contributed by atoms with E-state index < -0.39 is 0 Å². The van der Waals surface area contributed by atoms with Gasteiger partial charge in [0.05, 0.1) is 12.6 Å². The van der Waals surface area contributed by atoms with E-state index in [-0.39, 0.29) is 30.9 Å². The summed E-state index contributed by atoms with van der Waals surface area (Å²) in [6.07, 6.45) is 0.707. The summed E-state index contributed by atoms with van der Waals surface area (Å²) in [6.45, 7) is 0.789. The number of hydrogen-bond acceptors (Lipinski definition) is 3. The molecule has 0 aromatic heterocycles. The van der Waals surface area contributed by atoms with Crippen LogP contribution in [0.1, 0.15) is 5.56 Å². The highest BCUT2D eigenvalue weighted by molar-refractivity contribution is 5.99. The average Bonchev–Trinajstić information content (AvgIpc) is 2.81. The van der Waals surface area contributed by atoms with E-state index in [4.69, 9.17) is 0 Å². The lowest BCUT2D eigenvalue weighted by molar-refractivity contribution is -0.138. The fraction of sp³-hybridized carbons (Fsp3) is 0.231. The van der Waals surface area contributed by atoms with Gasteiger partial charge >= 0.3 is 0 Å². The number of anilines is 1. The molecule has 0 aliphatic carbocycles. The first kappa shape index (κ1) is 20.8. The van der Waals surface area contributed by atoms with Crippen LogP contribution in [0.3, 0.4) is 0 Å². The highest BCUT2D eigenvalue weighted by atomic mass is 16.2. The number of benzene rings is 3. The first-order valence-electron chi connectivity index (χ1n) is 10.6. The molecule has 0 unspecified atom stereocenters. The minimum absolute atomic E-state index is 0.0468. The second-order valence-corrected chi connectivity index (χ2v) is 7.82. The molecule has 5 heteroatoms. The molecular formula is C26H27N3O2. The lowest BCUT2D eigenvalue weighted by Crippen LogP contribution is -2.60. The number of nitrogens with one attached hydrogen (secondary N) is 1. The largest absolute Gasteiger partial charge is 0.327 e. The second-order valence-electron chi connectivity index (χ2n) is 7.82. The molecule has 1 N–H and O–H groups in total. The summed E-state index contributed by atoms with van der Waals surface area (Å²) in [5.74, 6) is -0.103. The van der Waals surface area contributed by atoms with E-state index in [0.717, 1.165) is 22.4 Å². The van der Waals surface area contributed by atoms with Crippen LogP contribution in [0.4, 0.5) is 5.69 Å². The number of piperazine rings is 1. The van der Waals surface area contributed by atoms with E-state index in [1.165, 1.54) is 0 Å². The average molecular weight is 414 g/mol. The molecule has 0 bridgehead atoms. The Balaban J connectivity index is 1.62. The zero-order chi connectivity index (χ0) is 21.6. The van der Waals surface area contributed by atoms with Crippen LogP contribution in [-0.2, 0) is 16.0 Å². The van der Waals surface area contributed by atoms with Gasteiger partial charge in [0, 0.05) is 12.2 Å². The van der Waals surface area contributed by atoms with E-state index in [1.54, 1.807) is 11.9 Å². The molecule has 158 valence electrons. The van der Waals surface area contributed by atoms with Crippen molar-refractivity contribution in [3.63, 3.8) is 0 Å². The number of nitrogens with zero attached hydrogens (tertiary/aromatic N) is 2. The van der Waals surface area contributed by atoms with Gasteiger partial charge in [0.2, 0.25) is 11.8 Å². The molecule has 4 rings (SSSR count). The van der Waals surface area contributed by atoms with Gasteiger partial charge in [-0.15, -0.1) is 0 Å². The first-order valence-corrected chi connectivity index (χ1v) is 10.6. The van der Waals surface area contributed by atoms with Crippen LogP contribution in [0.25, 0.3) is 11.1 Å². The predicted octanol–water partition coefficient (Wildman–Crippen LogP) is 3.36. The third-order valence-corrected chi connectivity index (χ3v) is 5.67. The number of carbonyl (C=O) groups is 2. The van der Waals surface area contributed by atoms with Crippen molar-refractivity contribution in [1.29, 1.82) is 0 Å². The predicted molar refractivity (Wildman–Crippen MR) is 124 cm³/mol. The van der Waals surface area contributed by atoms with E-state index in [2.05, 4.69) is 41.7 Å². The van der Waals surface area contributed by atoms with Crippen LogP contribution in [-0.4, -0.2) is 49.4 Å². The van der Waals surface area contributed by atoms with Crippen LogP contribution in [0.15, 0.2) is 84.9 Å². The maximum atomic E-state index is 13.1. The molecule has 1 atom stereocenters. The number of carbonyl (C=O) groups excluding carboxylic acids is 2. The Morgan fingerprint density at radius 2 is 1.61 bits per heavy atom. The van der Waals surface area contributed by atoms with Gasteiger partial charge in [0.25, 0.3) is 0 Å². The summed E-state index contributed by atoms with van der Waals surface area (Å²) in [4.78, 5) is 29.3. The number of rotatable bonds is 6. The van der Waals surface area contributed by atoms with Crippen molar-refractivity contribution < 1.29 is 9.59 Å². The number of likely N-dealkylation sites (N-methyl/N-ethyl adjacent to an activating group) is 1. The van der Waals surface area contributed by atoms with E-state index >= 15 is 0 Å². The van der Waals surface area contributed by atoms with Crippen molar-refractivity contribution in [2.75, 3.05) is 31.6 Å². The summed E-state index contributed by atoms with van der Waals surface area (Å²) < 4.78 is 0. The van der Waals surface area contributed by atoms with Gasteiger partial charge in [-0.3, -0.25) is 9.59 Å². The second kappa shape index (κ2) is 9.58. The molecule has 0 spiro atoms. The lowest BCUT2D eigenvalue weighted by atomic mass is 10.00. The zero-order valence-corrected chi connectivity index (χ0v) is 17.7. The van der Waals surface area contributed by atoms with Gasteiger partial charge < -0.3 is 15.1 Å². The van der Waals surface area contributed by atoms with Crippen molar-refractivity contribution in [2.45, 2.75) is 12.5 Å². The highest BCUT2D eigenvalue weighted by Crippen LogP contribution is 2.27. The fourth-order valence-electron chi connectivity index (χ4n) is 4.11. The zero-order valence-electron chi connectivity index (χ0n) is 17.7. The standard InChI is InChI=1S/C26H27N3O2/c1-27-17-25(30)29-19-26(31)28(18-24(29)15-20-9-4-2-5-10-20)23-14-8-13-22(16-23)21-11-6-3-7-12-21/h2-14,16,24,27H,15,17-19H2,1H3/t24-/m1/s1. The summed E-state index contributed by atoms with van der Waals surface area (Å²) in [6, 6.07) is 28.2. The molecule has 2 amide bonds. The number of hydrogen-bond donors (Lipinski definition) is 1. The van der Waals surface area contributed by atoms with E-state index in [1.807, 2.05) is 53.4 Å². The van der Waals surface area contributed by atoms with Gasteiger partial charge in [-0.05, 0) is 42.3 Å². The van der Waals surface area contributed by atoms with Crippen LogP contribution >= 0.6 is 0 Å². The maximum absolute atomic E-state index is 13.1. The molecule has 0 saturated carbocycles. The third kappa shape index (κ3) is 4.84. The minimum Gasteiger partial charge on any atom is -0.327 e. The Bertz CT molecular complexity index is 1040. The summed E-state index contributed by atoms with van der Waals surface area (Å²) in [5, 5.41) is 2.92. The van der Waals surface area contributed by atoms with Crippen molar-refractivity contribution in [1.82, 2.24) is 10.2 Å². The maximum Gasteiger partial charge on any atom is 0.246 e. The minimum atomic E-state index is -0.0821. The van der Waals surface area contributed by atoms with Crippen molar-refractivity contribution in [2.24, 2.45) is 0 Å². The molecule has 1 heterocycles. The Morgan fingerprint density at radius 1 is 0.935 bits per heavy atom. The fourth-order valence-corrected chi connectivity index (χ4v) is 4.11. The molecule has 3 aromatic carbocycles. The SMILES string of the molecule is CNCC(=O)N1CC(=O)N(c2cccc(-c3ccccc3)c2)C[C@H]1Cc1ccccc1. The Labute approximate surface area is 183 Å². The smallest absolute Gasteiger partial charge is 0.246 e. The number of amides is 2. The Morgan fingerprint density at radius 3 is 2.32 bits per heavy atom. The first-order chi connectivity index (χ1) is 15.2. The highest BCUT2D eigenvalue weighted by Gasteiger charge is 2.35. The molecule has 1 fully saturated rings. The van der Waals surface area contributed by atoms with Crippen molar-refractivity contribution in [3.05, 3.63) is 90.5 Å². The monoisotopic (exact) mass is 413 g/mol. The summed E-state index contributed by atoms with van der Waals surface area (Å²) in [5.41, 5.74) is 4.20. The van der Waals surface area contributed by atoms with Gasteiger partial charge in [-0.2, -0.15) is 0 Å². The third-order valence-electron chi connectivity index (χ3n) is 5.67. The van der Waals surface area contributed by atoms with Gasteiger partial charge in [0.15, 0.2) is 0 Å². The molecule has 31 heavy (non-hydrogen) atoms. The van der Waals surface area contributed by atoms with Gasteiger partial charge in [-0.1, -0.05) is 72.8 Å². The van der Waals surface area contributed by atoms with Gasteiger partial charge in [0.1, 0.15) is 6.54 Å². The summed E-state index contributed by atoms with van der Waals surface area (Å²) >= 11 is 0. The Hall–Kier alpha value is -3.44. The quantitative estimate of drug-likeness (QED) is 0.674. The normalized spacial score (nSPS) is 16.4. The van der Waals surface area contributed by atoms with E-state index in [9.17, 15) is 9.59 Å². The molecule has 1 saturated heterocycles. The van der Waals surface area contributed by atoms with Gasteiger partial charge in [-0.25, -0.2) is 0 Å². The van der Waals surface area contributed by atoms with Crippen LogP contribution in [0.5, 0.6) is 0 Å². The lowest BCUT2D eigenvalue weighted by Gasteiger charge is -2.41. The molecule has 3 aromatic rings. The van der Waals surface area contributed by atoms with Crippen LogP contribution < -0.4 is 10.2 Å². The molecular weight excluding hydrogens is 386 g/mol. The van der Waals surface area contributed by atoms with Crippen LogP contribution in [0, 0.1) is 0 Å². The molecule has 1 aliphatic rings. The molecule has 0 radical (unpaired) electrons. The topological polar surface area (TPSA) is 52.7 Å². The molecule has 5 nitrogen and oxygen atoms in total. The Kier molecular flexibility index (Phi) is 6.43. The van der Waals surface area contributed by atoms with Crippen molar-refractivity contribution >= 4 is 17.5 Å².